The van der Waals surface area contributed by atoms with Crippen LogP contribution in [0, 0.1) is 0 Å². The summed E-state index contributed by atoms with van der Waals surface area (Å²) >= 11 is 0. The van der Waals surface area contributed by atoms with Crippen LogP contribution in [0.5, 0.6) is 0 Å². The fraction of sp³-hybridized carbons (Fsp3) is 0.429. The van der Waals surface area contributed by atoms with E-state index in [4.69, 9.17) is 0 Å². The number of nitrogens with zero attached hydrogens (tertiary/aromatic N) is 2. The molecule has 1 aromatic rings. The van der Waals surface area contributed by atoms with E-state index >= 15 is 0 Å². The molecule has 0 aliphatic carbocycles. The summed E-state index contributed by atoms with van der Waals surface area (Å²) in [6.45, 7) is 4.23. The largest absolute Gasteiger partial charge is 0.857 e. The molecule has 0 fully saturated rings. The predicted molar refractivity (Wildman–Crippen MR) is 67.2 cm³/mol. The minimum absolute atomic E-state index is 0.0131. The summed E-state index contributed by atoms with van der Waals surface area (Å²) in [4.78, 5) is 0. The number of hydrogen-bond donors (Lipinski definition) is 0. The number of hydrazone groups is 1. The average molecular weight is 230 g/mol. The van der Waals surface area contributed by atoms with Gasteiger partial charge in [-0.2, -0.15) is 0 Å². The van der Waals surface area contributed by atoms with Crippen molar-refractivity contribution in [3.05, 3.63) is 35.9 Å². The van der Waals surface area contributed by atoms with Crippen LogP contribution in [0.4, 0.5) is 0 Å². The highest BCUT2D eigenvalue weighted by atomic mass is 16.3. The first-order valence-electron chi connectivity index (χ1n) is 6.14. The molecule has 1 aliphatic rings. The van der Waals surface area contributed by atoms with E-state index in [-0.39, 0.29) is 11.4 Å². The van der Waals surface area contributed by atoms with E-state index < -0.39 is 0 Å². The lowest BCUT2D eigenvalue weighted by Crippen LogP contribution is -2.37. The van der Waals surface area contributed by atoms with Crippen LogP contribution in [0.15, 0.2) is 35.4 Å². The number of rotatable bonds is 3. The van der Waals surface area contributed by atoms with E-state index in [2.05, 4.69) is 18.9 Å². The molecule has 0 spiro atoms. The summed E-state index contributed by atoms with van der Waals surface area (Å²) in [5, 5.41) is 15.7. The van der Waals surface area contributed by atoms with Crippen LogP contribution in [-0.4, -0.2) is 22.3 Å². The molecule has 0 amide bonds. The van der Waals surface area contributed by atoms with Gasteiger partial charge < -0.3 is 5.11 Å². The van der Waals surface area contributed by atoms with E-state index in [1.807, 2.05) is 41.2 Å². The lowest BCUT2D eigenvalue weighted by molar-refractivity contribution is -0.601. The van der Waals surface area contributed by atoms with Gasteiger partial charge in [-0.25, -0.2) is 0 Å². The first-order valence-corrected chi connectivity index (χ1v) is 6.14. The Kier molecular flexibility index (Phi) is 3.27. The molecule has 2 rings (SSSR count). The van der Waals surface area contributed by atoms with E-state index in [9.17, 15) is 5.11 Å². The van der Waals surface area contributed by atoms with Crippen LogP contribution in [0.25, 0.3) is 0 Å². The van der Waals surface area contributed by atoms with Crippen molar-refractivity contribution in [3.63, 3.8) is 0 Å². The van der Waals surface area contributed by atoms with Crippen molar-refractivity contribution >= 4 is 12.1 Å². The lowest BCUT2D eigenvalue weighted by Gasteiger charge is -2.19. The maximum absolute atomic E-state index is 11.5. The minimum Gasteiger partial charge on any atom is -0.857 e. The van der Waals surface area contributed by atoms with Gasteiger partial charge in [0.1, 0.15) is 0 Å². The second-order valence-electron chi connectivity index (χ2n) is 4.49. The first kappa shape index (κ1) is 11.8. The standard InChI is InChI=1S/C14H18N2O/c1-3-14(4-2)10-13(17)15-16(14)11-12-8-6-5-7-9-12/h5-9,11H,3-4,10H2,1-2H3/b16-11+. The zero-order valence-electron chi connectivity index (χ0n) is 10.4. The van der Waals surface area contributed by atoms with E-state index in [0.29, 0.717) is 6.42 Å². The molecule has 0 radical (unpaired) electrons. The Morgan fingerprint density at radius 1 is 1.29 bits per heavy atom. The van der Waals surface area contributed by atoms with Gasteiger partial charge in [-0.1, -0.05) is 36.7 Å². The Bertz CT molecular complexity index is 445. The van der Waals surface area contributed by atoms with Gasteiger partial charge in [0.15, 0.2) is 5.54 Å². The normalized spacial score (nSPS) is 20.6. The molecule has 0 aromatic heterocycles. The fourth-order valence-electron chi connectivity index (χ4n) is 2.29. The third-order valence-electron chi connectivity index (χ3n) is 3.57. The molecule has 0 atom stereocenters. The first-order chi connectivity index (χ1) is 8.20. The number of hydrogen-bond acceptors (Lipinski definition) is 2. The lowest BCUT2D eigenvalue weighted by atomic mass is 9.90. The summed E-state index contributed by atoms with van der Waals surface area (Å²) < 4.78 is 1.87. The van der Waals surface area contributed by atoms with Gasteiger partial charge in [0.05, 0.1) is 0 Å². The highest BCUT2D eigenvalue weighted by Gasteiger charge is 2.43. The summed E-state index contributed by atoms with van der Waals surface area (Å²) in [6.07, 6.45) is 4.37. The zero-order chi connectivity index (χ0) is 12.3. The monoisotopic (exact) mass is 230 g/mol. The molecule has 1 aliphatic heterocycles. The second kappa shape index (κ2) is 4.70. The smallest absolute Gasteiger partial charge is 0.203 e. The molecule has 17 heavy (non-hydrogen) atoms. The highest BCUT2D eigenvalue weighted by molar-refractivity contribution is 5.78. The van der Waals surface area contributed by atoms with Gasteiger partial charge in [-0.05, 0) is 17.2 Å². The Hall–Kier alpha value is -1.64. The number of benzene rings is 1. The zero-order valence-corrected chi connectivity index (χ0v) is 10.4. The molecule has 0 saturated heterocycles. The van der Waals surface area contributed by atoms with Crippen molar-refractivity contribution in [2.45, 2.75) is 38.6 Å². The molecule has 0 bridgehead atoms. The van der Waals surface area contributed by atoms with Crippen molar-refractivity contribution < 1.29 is 9.79 Å². The van der Waals surface area contributed by atoms with Crippen LogP contribution in [0.3, 0.4) is 0 Å². The van der Waals surface area contributed by atoms with E-state index in [1.165, 1.54) is 0 Å². The van der Waals surface area contributed by atoms with Gasteiger partial charge in [-0.15, -0.1) is 0 Å². The molecule has 0 N–H and O–H groups in total. The Morgan fingerprint density at radius 3 is 2.53 bits per heavy atom. The van der Waals surface area contributed by atoms with E-state index in [0.717, 1.165) is 18.4 Å². The van der Waals surface area contributed by atoms with Crippen molar-refractivity contribution in [2.24, 2.45) is 5.10 Å². The van der Waals surface area contributed by atoms with Gasteiger partial charge in [0.25, 0.3) is 0 Å². The summed E-state index contributed by atoms with van der Waals surface area (Å²) in [5.41, 5.74) is 0.963. The van der Waals surface area contributed by atoms with Crippen LogP contribution < -0.4 is 5.11 Å². The van der Waals surface area contributed by atoms with E-state index in [1.54, 1.807) is 0 Å². The quantitative estimate of drug-likeness (QED) is 0.729. The van der Waals surface area contributed by atoms with Gasteiger partial charge in [-0.3, -0.25) is 0 Å². The van der Waals surface area contributed by atoms with Crippen molar-refractivity contribution in [2.75, 3.05) is 0 Å². The fourth-order valence-corrected chi connectivity index (χ4v) is 2.29. The topological polar surface area (TPSA) is 38.4 Å². The maximum atomic E-state index is 11.5. The second-order valence-corrected chi connectivity index (χ2v) is 4.49. The molecular formula is C14H18N2O. The molecule has 90 valence electrons. The maximum Gasteiger partial charge on any atom is 0.203 e. The van der Waals surface area contributed by atoms with Gasteiger partial charge in [0, 0.05) is 30.7 Å². The third-order valence-corrected chi connectivity index (χ3v) is 3.57. The van der Waals surface area contributed by atoms with Gasteiger partial charge >= 0.3 is 0 Å². The average Bonchev–Trinajstić information content (AvgIpc) is 2.67. The molecule has 1 heterocycles. The Balaban J connectivity index is 2.39. The predicted octanol–water partition coefficient (Wildman–Crippen LogP) is 1.75. The molecule has 1 aromatic carbocycles. The SMILES string of the molecule is CCC1(CC)CC([O-])=N/[N+]1=C/c1ccccc1. The van der Waals surface area contributed by atoms with Crippen molar-refractivity contribution in [1.29, 1.82) is 0 Å². The molecular weight excluding hydrogens is 212 g/mol. The summed E-state index contributed by atoms with van der Waals surface area (Å²) in [6, 6.07) is 10.0. The Morgan fingerprint density at radius 2 is 1.94 bits per heavy atom. The van der Waals surface area contributed by atoms with Crippen LogP contribution in [-0.2, 0) is 0 Å². The summed E-state index contributed by atoms with van der Waals surface area (Å²) in [5.74, 6) is -0.0131. The summed E-state index contributed by atoms with van der Waals surface area (Å²) in [7, 11) is 0. The van der Waals surface area contributed by atoms with Crippen LogP contribution >= 0.6 is 0 Å². The Labute approximate surface area is 102 Å². The molecule has 0 saturated carbocycles. The molecule has 3 nitrogen and oxygen atoms in total. The highest BCUT2D eigenvalue weighted by Crippen LogP contribution is 2.29. The van der Waals surface area contributed by atoms with Crippen LogP contribution in [0.2, 0.25) is 0 Å². The minimum atomic E-state index is -0.118. The van der Waals surface area contributed by atoms with Crippen molar-refractivity contribution in [3.8, 4) is 0 Å². The van der Waals surface area contributed by atoms with Crippen LogP contribution in [0.1, 0.15) is 38.7 Å². The molecule has 0 unspecified atom stereocenters. The third kappa shape index (κ3) is 2.23. The van der Waals surface area contributed by atoms with Gasteiger partial charge in [0.2, 0.25) is 6.21 Å². The molecule has 3 heteroatoms. The van der Waals surface area contributed by atoms with Crippen molar-refractivity contribution in [1.82, 2.24) is 0 Å².